The number of likely N-dealkylation sites (tertiary alicyclic amines) is 1. The Labute approximate surface area is 212 Å². The fourth-order valence-electron chi connectivity index (χ4n) is 4.39. The van der Waals surface area contributed by atoms with E-state index in [2.05, 4.69) is 21.9 Å². The van der Waals surface area contributed by atoms with Crippen molar-refractivity contribution >= 4 is 23.2 Å². The number of ether oxygens (including phenoxy) is 3. The van der Waals surface area contributed by atoms with Crippen molar-refractivity contribution in [1.82, 2.24) is 9.80 Å². The van der Waals surface area contributed by atoms with E-state index in [1.807, 2.05) is 12.1 Å². The molecule has 2 aliphatic heterocycles. The molecule has 6 nitrogen and oxygen atoms in total. The van der Waals surface area contributed by atoms with Gasteiger partial charge in [-0.1, -0.05) is 35.3 Å². The molecular formula is C26H34Cl2N2O4. The van der Waals surface area contributed by atoms with E-state index in [0.717, 1.165) is 64.7 Å². The lowest BCUT2D eigenvalue weighted by molar-refractivity contribution is -0.0168. The molecule has 0 spiro atoms. The molecule has 34 heavy (non-hydrogen) atoms. The topological polar surface area (TPSA) is 54.4 Å². The van der Waals surface area contributed by atoms with Crippen LogP contribution in [0.25, 0.3) is 0 Å². The number of hydrogen-bond donors (Lipinski definition) is 1. The Hall–Kier alpha value is -1.54. The molecule has 0 radical (unpaired) electrons. The van der Waals surface area contributed by atoms with E-state index in [9.17, 15) is 5.11 Å². The van der Waals surface area contributed by atoms with E-state index in [-0.39, 0.29) is 6.61 Å². The first-order valence-electron chi connectivity index (χ1n) is 12.0. The molecule has 4 rings (SSSR count). The van der Waals surface area contributed by atoms with Crippen LogP contribution in [0.5, 0.6) is 11.5 Å². The second kappa shape index (κ2) is 12.4. The maximum atomic E-state index is 11.1. The highest BCUT2D eigenvalue weighted by molar-refractivity contribution is 6.42. The van der Waals surface area contributed by atoms with Gasteiger partial charge in [0.2, 0.25) is 0 Å². The Morgan fingerprint density at radius 1 is 0.853 bits per heavy atom. The van der Waals surface area contributed by atoms with Crippen molar-refractivity contribution in [1.29, 1.82) is 0 Å². The zero-order valence-corrected chi connectivity index (χ0v) is 21.1. The van der Waals surface area contributed by atoms with Crippen LogP contribution in [0.4, 0.5) is 0 Å². The molecule has 0 saturated carbocycles. The smallest absolute Gasteiger partial charge is 0.121 e. The molecule has 2 heterocycles. The summed E-state index contributed by atoms with van der Waals surface area (Å²) in [6.07, 6.45) is 2.29. The maximum Gasteiger partial charge on any atom is 0.121 e. The lowest BCUT2D eigenvalue weighted by Gasteiger charge is -2.27. The molecular weight excluding hydrogens is 475 g/mol. The number of morpholine rings is 1. The van der Waals surface area contributed by atoms with Gasteiger partial charge in [-0.05, 0) is 55.6 Å². The van der Waals surface area contributed by atoms with Crippen LogP contribution in [0, 0.1) is 0 Å². The lowest BCUT2D eigenvalue weighted by Crippen LogP contribution is -2.38. The quantitative estimate of drug-likeness (QED) is 0.538. The van der Waals surface area contributed by atoms with Crippen LogP contribution in [0.2, 0.25) is 10.0 Å². The molecule has 0 unspecified atom stereocenters. The standard InChI is InChI=1S/C26H34Cl2N2O4/c27-24-7-6-23(18-25(24)28)34-20-26(31)8-1-10-30(11-9-26)19-21-2-4-22(5-3-21)33-17-14-29-12-15-32-16-13-29/h2-7,18,31H,1,8-17,19-20H2/t26-/m1/s1. The summed E-state index contributed by atoms with van der Waals surface area (Å²) in [4.78, 5) is 4.76. The lowest BCUT2D eigenvalue weighted by atomic mass is 9.96. The minimum absolute atomic E-state index is 0.245. The van der Waals surface area contributed by atoms with Crippen molar-refractivity contribution in [3.8, 4) is 11.5 Å². The van der Waals surface area contributed by atoms with E-state index in [0.29, 0.717) is 35.2 Å². The SMILES string of the molecule is O[C@]1(COc2ccc(Cl)c(Cl)c2)CCCN(Cc2ccc(OCCN3CCOCC3)cc2)CC1. The van der Waals surface area contributed by atoms with Crippen LogP contribution in [0.15, 0.2) is 42.5 Å². The van der Waals surface area contributed by atoms with Gasteiger partial charge in [0.05, 0.1) is 28.9 Å². The van der Waals surface area contributed by atoms with Crippen molar-refractivity contribution in [3.63, 3.8) is 0 Å². The molecule has 186 valence electrons. The summed E-state index contributed by atoms with van der Waals surface area (Å²) in [5, 5.41) is 12.0. The summed E-state index contributed by atoms with van der Waals surface area (Å²) >= 11 is 12.0. The van der Waals surface area contributed by atoms with Crippen molar-refractivity contribution in [2.24, 2.45) is 0 Å². The molecule has 2 saturated heterocycles. The Bertz CT molecular complexity index is 908. The van der Waals surface area contributed by atoms with Crippen molar-refractivity contribution in [3.05, 3.63) is 58.1 Å². The number of rotatable bonds is 9. The molecule has 0 aromatic heterocycles. The van der Waals surface area contributed by atoms with Gasteiger partial charge >= 0.3 is 0 Å². The minimum Gasteiger partial charge on any atom is -0.492 e. The predicted molar refractivity (Wildman–Crippen MR) is 135 cm³/mol. The van der Waals surface area contributed by atoms with Crippen LogP contribution < -0.4 is 9.47 Å². The van der Waals surface area contributed by atoms with Gasteiger partial charge < -0.3 is 19.3 Å². The third kappa shape index (κ3) is 7.74. The average molecular weight is 509 g/mol. The third-order valence-corrected chi connectivity index (χ3v) is 7.26. The van der Waals surface area contributed by atoms with E-state index < -0.39 is 5.60 Å². The van der Waals surface area contributed by atoms with Crippen LogP contribution >= 0.6 is 23.2 Å². The number of halogens is 2. The molecule has 1 atom stereocenters. The van der Waals surface area contributed by atoms with Crippen molar-refractivity contribution in [2.75, 3.05) is 59.2 Å². The van der Waals surface area contributed by atoms with Crippen LogP contribution in [0.1, 0.15) is 24.8 Å². The Morgan fingerprint density at radius 2 is 1.62 bits per heavy atom. The van der Waals surface area contributed by atoms with Crippen LogP contribution in [-0.4, -0.2) is 79.7 Å². The monoisotopic (exact) mass is 508 g/mol. The number of aliphatic hydroxyl groups is 1. The van der Waals surface area contributed by atoms with Gasteiger partial charge in [0.15, 0.2) is 0 Å². The number of benzene rings is 2. The summed E-state index contributed by atoms with van der Waals surface area (Å²) < 4.78 is 17.1. The Morgan fingerprint density at radius 3 is 2.38 bits per heavy atom. The normalized spacial score (nSPS) is 22.3. The molecule has 1 N–H and O–H groups in total. The van der Waals surface area contributed by atoms with Crippen molar-refractivity contribution in [2.45, 2.75) is 31.4 Å². The van der Waals surface area contributed by atoms with E-state index in [1.54, 1.807) is 18.2 Å². The highest BCUT2D eigenvalue weighted by atomic mass is 35.5. The minimum atomic E-state index is -0.848. The highest BCUT2D eigenvalue weighted by Crippen LogP contribution is 2.29. The maximum absolute atomic E-state index is 11.1. The second-order valence-electron chi connectivity index (χ2n) is 9.17. The zero-order chi connectivity index (χ0) is 23.8. The first-order chi connectivity index (χ1) is 16.5. The van der Waals surface area contributed by atoms with Gasteiger partial charge in [-0.15, -0.1) is 0 Å². The van der Waals surface area contributed by atoms with E-state index >= 15 is 0 Å². The van der Waals surface area contributed by atoms with Gasteiger partial charge in [0, 0.05) is 38.8 Å². The average Bonchev–Trinajstić information content (AvgIpc) is 3.03. The summed E-state index contributed by atoms with van der Waals surface area (Å²) in [7, 11) is 0. The first-order valence-corrected chi connectivity index (χ1v) is 12.8. The van der Waals surface area contributed by atoms with Crippen LogP contribution in [-0.2, 0) is 11.3 Å². The van der Waals surface area contributed by atoms with Gasteiger partial charge in [-0.2, -0.15) is 0 Å². The summed E-state index contributed by atoms with van der Waals surface area (Å²) in [6, 6.07) is 13.5. The Kier molecular flexibility index (Phi) is 9.34. The molecule has 2 fully saturated rings. The summed E-state index contributed by atoms with van der Waals surface area (Å²) in [6.45, 7) is 8.08. The molecule has 8 heteroatoms. The third-order valence-electron chi connectivity index (χ3n) is 6.52. The summed E-state index contributed by atoms with van der Waals surface area (Å²) in [5.74, 6) is 1.53. The fraction of sp³-hybridized carbons (Fsp3) is 0.538. The predicted octanol–water partition coefficient (Wildman–Crippen LogP) is 4.50. The van der Waals surface area contributed by atoms with E-state index in [4.69, 9.17) is 37.4 Å². The van der Waals surface area contributed by atoms with Gasteiger partial charge in [0.1, 0.15) is 24.7 Å². The highest BCUT2D eigenvalue weighted by Gasteiger charge is 2.31. The van der Waals surface area contributed by atoms with Crippen LogP contribution in [0.3, 0.4) is 0 Å². The van der Waals surface area contributed by atoms with Gasteiger partial charge in [0.25, 0.3) is 0 Å². The molecule has 0 bridgehead atoms. The number of nitrogens with zero attached hydrogens (tertiary/aromatic N) is 2. The number of hydrogen-bond acceptors (Lipinski definition) is 6. The molecule has 2 aromatic carbocycles. The second-order valence-corrected chi connectivity index (χ2v) is 9.98. The van der Waals surface area contributed by atoms with Crippen molar-refractivity contribution < 1.29 is 19.3 Å². The fourth-order valence-corrected chi connectivity index (χ4v) is 4.68. The molecule has 0 aliphatic carbocycles. The molecule has 2 aromatic rings. The van der Waals surface area contributed by atoms with Gasteiger partial charge in [-0.25, -0.2) is 0 Å². The summed E-state index contributed by atoms with van der Waals surface area (Å²) in [5.41, 5.74) is 0.400. The first kappa shape index (κ1) is 25.5. The molecule has 2 aliphatic rings. The largest absolute Gasteiger partial charge is 0.492 e. The Balaban J connectivity index is 1.20. The van der Waals surface area contributed by atoms with Gasteiger partial charge in [-0.3, -0.25) is 9.80 Å². The zero-order valence-electron chi connectivity index (χ0n) is 19.6. The van der Waals surface area contributed by atoms with E-state index in [1.165, 1.54) is 5.56 Å². The molecule has 0 amide bonds.